The molecule has 0 atom stereocenters. The van der Waals surface area contributed by atoms with Gasteiger partial charge in [0.2, 0.25) is 0 Å². The first kappa shape index (κ1) is 10.1. The Morgan fingerprint density at radius 2 is 2.14 bits per heavy atom. The highest BCUT2D eigenvalue weighted by Crippen LogP contribution is 2.07. The molecule has 3 amide bonds. The molecule has 0 aliphatic heterocycles. The molecule has 0 spiro atoms. The first-order valence-corrected chi connectivity index (χ1v) is 3.76. The van der Waals surface area contributed by atoms with Gasteiger partial charge in [0, 0.05) is 0 Å². The molecule has 0 fully saturated rings. The lowest BCUT2D eigenvalue weighted by atomic mass is 10.2. The molecule has 0 aliphatic rings. The molecule has 7 heteroatoms. The van der Waals surface area contributed by atoms with Crippen LogP contribution in [-0.2, 0) is 0 Å². The molecule has 7 nitrogen and oxygen atoms in total. The lowest BCUT2D eigenvalue weighted by Crippen LogP contribution is -2.49. The van der Waals surface area contributed by atoms with Gasteiger partial charge in [-0.1, -0.05) is 0 Å². The summed E-state index contributed by atoms with van der Waals surface area (Å²) in [5.74, 6) is 4.77. The number of nitrogens with two attached hydrogens (primary N) is 1. The van der Waals surface area contributed by atoms with Crippen LogP contribution in [0.15, 0.2) is 16.7 Å². The number of hydrogen-bond acceptors (Lipinski definition) is 4. The SMILES string of the molecule is Cc1occc1C(=O)NNC(=O)NN. The van der Waals surface area contributed by atoms with Crippen molar-refractivity contribution >= 4 is 11.9 Å². The zero-order valence-corrected chi connectivity index (χ0v) is 7.46. The van der Waals surface area contributed by atoms with Crippen molar-refractivity contribution in [1.82, 2.24) is 16.3 Å². The number of urea groups is 1. The molecule has 1 aromatic rings. The summed E-state index contributed by atoms with van der Waals surface area (Å²) in [5, 5.41) is 0. The van der Waals surface area contributed by atoms with E-state index in [1.165, 1.54) is 12.3 Å². The summed E-state index contributed by atoms with van der Waals surface area (Å²) < 4.78 is 4.90. The van der Waals surface area contributed by atoms with Crippen LogP contribution < -0.4 is 22.1 Å². The lowest BCUT2D eigenvalue weighted by Gasteiger charge is -2.04. The fraction of sp³-hybridized carbons (Fsp3) is 0.143. The topological polar surface area (TPSA) is 109 Å². The number of carbonyl (C=O) groups excluding carboxylic acids is 2. The number of carbonyl (C=O) groups is 2. The van der Waals surface area contributed by atoms with Crippen molar-refractivity contribution in [2.24, 2.45) is 5.84 Å². The predicted octanol–water partition coefficient (Wildman–Crippen LogP) is -0.594. The van der Waals surface area contributed by atoms with Crippen LogP contribution in [-0.4, -0.2) is 11.9 Å². The summed E-state index contributed by atoms with van der Waals surface area (Å²) in [7, 11) is 0. The standard InChI is InChI=1S/C7H10N4O3/c1-4-5(2-3-14-4)6(12)10-11-7(13)9-8/h2-3H,8H2,1H3,(H,10,12)(H2,9,11,13). The molecule has 1 heterocycles. The van der Waals surface area contributed by atoms with Crippen LogP contribution in [0.5, 0.6) is 0 Å². The maximum Gasteiger partial charge on any atom is 0.347 e. The summed E-state index contributed by atoms with van der Waals surface area (Å²) in [4.78, 5) is 21.9. The molecule has 0 aliphatic carbocycles. The monoisotopic (exact) mass is 198 g/mol. The maximum atomic E-state index is 11.3. The minimum absolute atomic E-state index is 0.349. The second kappa shape index (κ2) is 4.28. The molecule has 14 heavy (non-hydrogen) atoms. The highest BCUT2D eigenvalue weighted by atomic mass is 16.3. The second-order valence-electron chi connectivity index (χ2n) is 2.44. The van der Waals surface area contributed by atoms with Crippen LogP contribution >= 0.6 is 0 Å². The Kier molecular flexibility index (Phi) is 3.08. The molecule has 0 saturated carbocycles. The van der Waals surface area contributed by atoms with Crippen molar-refractivity contribution in [1.29, 1.82) is 0 Å². The summed E-state index contributed by atoms with van der Waals surface area (Å²) in [6.45, 7) is 1.64. The van der Waals surface area contributed by atoms with Crippen molar-refractivity contribution in [2.45, 2.75) is 6.92 Å². The van der Waals surface area contributed by atoms with E-state index in [9.17, 15) is 9.59 Å². The third kappa shape index (κ3) is 2.23. The minimum Gasteiger partial charge on any atom is -0.469 e. The quantitative estimate of drug-likeness (QED) is 0.274. The van der Waals surface area contributed by atoms with Crippen LogP contribution in [0.1, 0.15) is 16.1 Å². The second-order valence-corrected chi connectivity index (χ2v) is 2.44. The van der Waals surface area contributed by atoms with Gasteiger partial charge in [-0.3, -0.25) is 15.6 Å². The van der Waals surface area contributed by atoms with Crippen LogP contribution in [0, 0.1) is 6.92 Å². The zero-order valence-electron chi connectivity index (χ0n) is 7.46. The van der Waals surface area contributed by atoms with Gasteiger partial charge < -0.3 is 4.42 Å². The Bertz CT molecular complexity index is 346. The summed E-state index contributed by atoms with van der Waals surface area (Å²) >= 11 is 0. The first-order chi connectivity index (χ1) is 6.65. The van der Waals surface area contributed by atoms with Gasteiger partial charge in [0.25, 0.3) is 5.91 Å². The highest BCUT2D eigenvalue weighted by Gasteiger charge is 2.11. The lowest BCUT2D eigenvalue weighted by molar-refractivity contribution is 0.0935. The van der Waals surface area contributed by atoms with Gasteiger partial charge in [0.05, 0.1) is 11.8 Å². The molecule has 1 aromatic heterocycles. The summed E-state index contributed by atoms with van der Waals surface area (Å²) in [6, 6.07) is 0.784. The van der Waals surface area contributed by atoms with E-state index in [2.05, 4.69) is 5.43 Å². The third-order valence-electron chi connectivity index (χ3n) is 1.52. The maximum absolute atomic E-state index is 11.3. The Balaban J connectivity index is 2.52. The number of amides is 3. The van der Waals surface area contributed by atoms with E-state index in [4.69, 9.17) is 10.3 Å². The Hall–Kier alpha value is -2.02. The van der Waals surface area contributed by atoms with Crippen LogP contribution in [0.2, 0.25) is 0 Å². The highest BCUT2D eigenvalue weighted by molar-refractivity contribution is 5.95. The van der Waals surface area contributed by atoms with E-state index < -0.39 is 11.9 Å². The summed E-state index contributed by atoms with van der Waals surface area (Å²) in [5.41, 5.74) is 6.31. The molecule has 76 valence electrons. The largest absolute Gasteiger partial charge is 0.469 e. The minimum atomic E-state index is -0.709. The van der Waals surface area contributed by atoms with Gasteiger partial charge >= 0.3 is 6.03 Å². The number of furan rings is 1. The van der Waals surface area contributed by atoms with Crippen LogP contribution in [0.4, 0.5) is 4.79 Å². The van der Waals surface area contributed by atoms with Crippen molar-refractivity contribution in [3.05, 3.63) is 23.7 Å². The molecule has 0 radical (unpaired) electrons. The molecule has 0 bridgehead atoms. The Labute approximate surface area is 79.6 Å². The van der Waals surface area contributed by atoms with E-state index in [-0.39, 0.29) is 0 Å². The van der Waals surface area contributed by atoms with E-state index in [0.29, 0.717) is 11.3 Å². The molecule has 0 unspecified atom stereocenters. The number of rotatable bonds is 1. The van der Waals surface area contributed by atoms with Crippen LogP contribution in [0.25, 0.3) is 0 Å². The van der Waals surface area contributed by atoms with Crippen molar-refractivity contribution < 1.29 is 14.0 Å². The number of hydrazine groups is 2. The number of hydrogen-bond donors (Lipinski definition) is 4. The predicted molar refractivity (Wildman–Crippen MR) is 46.8 cm³/mol. The van der Waals surface area contributed by atoms with Gasteiger partial charge in [0.15, 0.2) is 0 Å². The molecule has 0 aromatic carbocycles. The van der Waals surface area contributed by atoms with Crippen molar-refractivity contribution in [3.8, 4) is 0 Å². The van der Waals surface area contributed by atoms with Crippen molar-refractivity contribution in [3.63, 3.8) is 0 Å². The molecule has 1 rings (SSSR count). The molecule has 5 N–H and O–H groups in total. The average molecular weight is 198 g/mol. The van der Waals surface area contributed by atoms with Crippen LogP contribution in [0.3, 0.4) is 0 Å². The normalized spacial score (nSPS) is 9.29. The van der Waals surface area contributed by atoms with E-state index in [1.54, 1.807) is 12.3 Å². The Morgan fingerprint density at radius 3 is 2.64 bits per heavy atom. The third-order valence-corrected chi connectivity index (χ3v) is 1.52. The van der Waals surface area contributed by atoms with E-state index >= 15 is 0 Å². The first-order valence-electron chi connectivity index (χ1n) is 3.76. The van der Waals surface area contributed by atoms with Gasteiger partial charge in [-0.15, -0.1) is 0 Å². The van der Waals surface area contributed by atoms with Gasteiger partial charge in [-0.05, 0) is 13.0 Å². The van der Waals surface area contributed by atoms with E-state index in [1.807, 2.05) is 5.43 Å². The van der Waals surface area contributed by atoms with Crippen molar-refractivity contribution in [2.75, 3.05) is 0 Å². The number of nitrogens with one attached hydrogen (secondary N) is 3. The fourth-order valence-corrected chi connectivity index (χ4v) is 0.837. The smallest absolute Gasteiger partial charge is 0.347 e. The summed E-state index contributed by atoms with van der Waals surface area (Å²) in [6.07, 6.45) is 1.38. The zero-order chi connectivity index (χ0) is 10.6. The fourth-order valence-electron chi connectivity index (χ4n) is 0.837. The van der Waals surface area contributed by atoms with Gasteiger partial charge in [-0.25, -0.2) is 16.1 Å². The van der Waals surface area contributed by atoms with E-state index in [0.717, 1.165) is 0 Å². The Morgan fingerprint density at radius 1 is 1.43 bits per heavy atom. The van der Waals surface area contributed by atoms with Gasteiger partial charge in [-0.2, -0.15) is 0 Å². The molecular weight excluding hydrogens is 188 g/mol. The van der Waals surface area contributed by atoms with Gasteiger partial charge in [0.1, 0.15) is 5.76 Å². The number of aryl methyl sites for hydroxylation is 1. The molecular formula is C7H10N4O3. The average Bonchev–Trinajstić information content (AvgIpc) is 2.60. The molecule has 0 saturated heterocycles.